The third-order valence-corrected chi connectivity index (χ3v) is 27.7. The molecule has 5 aliphatic rings. The molecule has 0 fully saturated rings. The summed E-state index contributed by atoms with van der Waals surface area (Å²) in [7, 11) is 0. The summed E-state index contributed by atoms with van der Waals surface area (Å²) in [5.74, 6) is 8.27. The minimum absolute atomic E-state index is 0.499. The van der Waals surface area contributed by atoms with Crippen molar-refractivity contribution in [2.24, 2.45) is 0 Å². The maximum Gasteiger partial charge on any atom is 0.194 e. The predicted molar refractivity (Wildman–Crippen MR) is 565 cm³/mol. The molecule has 140 heavy (non-hydrogen) atoms. The minimum Gasteiger partial charge on any atom is -0.456 e. The van der Waals surface area contributed by atoms with Gasteiger partial charge in [-0.2, -0.15) is 0 Å². The summed E-state index contributed by atoms with van der Waals surface area (Å²) >= 11 is 0. The highest BCUT2D eigenvalue weighted by Gasteiger charge is 2.49. The summed E-state index contributed by atoms with van der Waals surface area (Å²) in [5, 5.41) is 7.07. The average molecular weight is 1800 g/mol. The van der Waals surface area contributed by atoms with Crippen molar-refractivity contribution in [1.82, 2.24) is 0 Å². The fourth-order valence-corrected chi connectivity index (χ4v) is 21.6. The standard InChI is InChI=1S/C49H31NO3.C43H29NO2.C38H25NO2/c1-3-14-32(15-4-1)49(33-16-5-2-6-17-33)40-20-9-7-18-36(40)37-28-26-34(30-41(37)49)50(35-27-29-39-38-19-8-10-22-43(38)51-47(39)31-35)42-21-13-25-46-48(42)53-45-24-12-11-23-44(45)52-46;1-4-15-30(16-5-1)43(31-17-6-2-7-18-31)36-22-11-10-21-34(36)35-28-27-33(29-37(35)43)44(32-19-8-3-9-20-32)38-23-14-26-41-42(38)46-40-25-13-12-24-39(40)45-41;1-2-9-26(10-3-1)27-19-21-30(22-20-27)39(31-23-24-33-29(25-31)18-17-28-11-4-5-12-32(28)33)34-13-8-16-37-38(34)41-36-15-7-6-14-35(36)40-37/h1-31H;1-29H;1-25H. The topological polar surface area (TPSA) is 78.2 Å². The average Bonchev–Trinajstić information content (AvgIpc) is 1.54. The second kappa shape index (κ2) is 34.4. The zero-order valence-corrected chi connectivity index (χ0v) is 75.8. The van der Waals surface area contributed by atoms with E-state index >= 15 is 0 Å². The molecule has 4 heterocycles. The van der Waals surface area contributed by atoms with E-state index in [0.717, 1.165) is 73.1 Å². The highest BCUT2D eigenvalue weighted by Crippen LogP contribution is 2.63. The van der Waals surface area contributed by atoms with Gasteiger partial charge in [-0.3, -0.25) is 0 Å². The first-order chi connectivity index (χ1) is 69.4. The van der Waals surface area contributed by atoms with Crippen LogP contribution >= 0.6 is 0 Å². The minimum atomic E-state index is -0.548. The lowest BCUT2D eigenvalue weighted by molar-refractivity contribution is 0.360. The molecule has 22 aromatic carbocycles. The number of nitrogens with zero attached hydrogens (tertiary/aromatic N) is 3. The number of ether oxygens (including phenoxy) is 6. The van der Waals surface area contributed by atoms with E-state index in [4.69, 9.17) is 32.8 Å². The van der Waals surface area contributed by atoms with Crippen LogP contribution in [0, 0.1) is 0 Å². The molecule has 0 spiro atoms. The maximum atomic E-state index is 6.70. The van der Waals surface area contributed by atoms with Gasteiger partial charge >= 0.3 is 0 Å². The Hall–Kier alpha value is -18.6. The number of para-hydroxylation sites is 11. The number of hydrogen-bond acceptors (Lipinski definition) is 10. The number of benzene rings is 22. The first-order valence-electron chi connectivity index (χ1n) is 47.3. The molecule has 1 aromatic heterocycles. The fourth-order valence-electron chi connectivity index (χ4n) is 21.6. The van der Waals surface area contributed by atoms with Gasteiger partial charge in [0.15, 0.2) is 69.0 Å². The summed E-state index contributed by atoms with van der Waals surface area (Å²) in [5.41, 5.74) is 26.6. The molecule has 0 saturated heterocycles. The van der Waals surface area contributed by atoms with Crippen LogP contribution in [0.25, 0.3) is 76.9 Å². The lowest BCUT2D eigenvalue weighted by Gasteiger charge is -2.35. The van der Waals surface area contributed by atoms with Gasteiger partial charge in [0, 0.05) is 45.3 Å². The number of furan rings is 1. The molecule has 23 aromatic rings. The van der Waals surface area contributed by atoms with Crippen molar-refractivity contribution in [2.75, 3.05) is 14.7 Å². The molecule has 0 atom stereocenters. The van der Waals surface area contributed by atoms with Crippen LogP contribution in [-0.2, 0) is 10.8 Å². The van der Waals surface area contributed by atoms with Crippen LogP contribution in [0.4, 0.5) is 51.2 Å². The third-order valence-electron chi connectivity index (χ3n) is 27.7. The molecule has 662 valence electrons. The van der Waals surface area contributed by atoms with Gasteiger partial charge in [-0.05, 0) is 251 Å². The Morgan fingerprint density at radius 2 is 0.471 bits per heavy atom. The van der Waals surface area contributed by atoms with E-state index in [1.807, 2.05) is 133 Å². The van der Waals surface area contributed by atoms with Crippen molar-refractivity contribution < 1.29 is 32.8 Å². The number of hydrogen-bond donors (Lipinski definition) is 0. The smallest absolute Gasteiger partial charge is 0.194 e. The third kappa shape index (κ3) is 13.9. The van der Waals surface area contributed by atoms with Crippen LogP contribution in [0.5, 0.6) is 69.0 Å². The van der Waals surface area contributed by atoms with E-state index < -0.39 is 10.8 Å². The van der Waals surface area contributed by atoms with E-state index in [-0.39, 0.29) is 0 Å². The molecule has 3 aliphatic heterocycles. The Morgan fingerprint density at radius 1 is 0.164 bits per heavy atom. The van der Waals surface area contributed by atoms with Gasteiger partial charge in [0.05, 0.1) is 33.6 Å². The molecule has 0 N–H and O–H groups in total. The Balaban J connectivity index is 0.000000109. The zero-order valence-electron chi connectivity index (χ0n) is 75.8. The summed E-state index contributed by atoms with van der Waals surface area (Å²) < 4.78 is 45.3. The van der Waals surface area contributed by atoms with Gasteiger partial charge in [-0.1, -0.05) is 358 Å². The van der Waals surface area contributed by atoms with Crippen molar-refractivity contribution in [1.29, 1.82) is 0 Å². The SMILES string of the molecule is c1ccc(-c2ccc(N(c3ccc4c(ccc5ccccc54)c3)c3cccc4c3Oc3ccccc3O4)cc2)cc1.c1ccc(C2(c3ccccc3)c3ccccc3-c3ccc(N(c4ccc5c(c4)oc4ccccc45)c4cccc5c4Oc4ccccc4O5)cc32)cc1.c1ccc(N(c2ccc3c(c2)C(c2ccccc2)(c2ccccc2)c2ccccc2-3)c2cccc3c2Oc2ccccc2O3)cc1. The quantitative estimate of drug-likeness (QED) is 0.0983. The second-order valence-electron chi connectivity index (χ2n) is 35.5. The highest BCUT2D eigenvalue weighted by atomic mass is 16.6. The van der Waals surface area contributed by atoms with E-state index in [9.17, 15) is 0 Å². The maximum absolute atomic E-state index is 6.70. The van der Waals surface area contributed by atoms with Crippen LogP contribution in [0.2, 0.25) is 0 Å². The predicted octanol–water partition coefficient (Wildman–Crippen LogP) is 35.8. The Kier molecular flexibility index (Phi) is 20.1. The van der Waals surface area contributed by atoms with Crippen LogP contribution in [0.15, 0.2) is 520 Å². The Bertz CT molecular complexity index is 8640. The van der Waals surface area contributed by atoms with Crippen LogP contribution in [-0.4, -0.2) is 0 Å². The Labute approximate surface area is 810 Å². The molecule has 2 aliphatic carbocycles. The monoisotopic (exact) mass is 1800 g/mol. The molecular formula is C130H85N3O7. The van der Waals surface area contributed by atoms with Crippen molar-refractivity contribution in [3.8, 4) is 102 Å². The molecule has 10 nitrogen and oxygen atoms in total. The number of fused-ring (bicyclic) bond motifs is 18. The summed E-state index contributed by atoms with van der Waals surface area (Å²) in [4.78, 5) is 6.80. The second-order valence-corrected chi connectivity index (χ2v) is 35.5. The molecule has 0 saturated carbocycles. The lowest BCUT2D eigenvalue weighted by atomic mass is 9.67. The van der Waals surface area contributed by atoms with Crippen molar-refractivity contribution in [2.45, 2.75) is 10.8 Å². The van der Waals surface area contributed by atoms with Crippen LogP contribution in [0.1, 0.15) is 44.5 Å². The lowest BCUT2D eigenvalue weighted by Crippen LogP contribution is -2.28. The van der Waals surface area contributed by atoms with E-state index in [0.29, 0.717) is 69.0 Å². The number of rotatable bonds is 14. The molecule has 0 unspecified atom stereocenters. The highest BCUT2D eigenvalue weighted by molar-refractivity contribution is 6.10. The van der Waals surface area contributed by atoms with Crippen molar-refractivity contribution >= 4 is 94.7 Å². The van der Waals surface area contributed by atoms with Crippen molar-refractivity contribution in [3.05, 3.63) is 560 Å². The summed E-state index contributed by atoms with van der Waals surface area (Å²) in [6.07, 6.45) is 0. The normalized spacial score (nSPS) is 12.9. The molecule has 0 amide bonds. The largest absolute Gasteiger partial charge is 0.456 e. The Morgan fingerprint density at radius 3 is 0.943 bits per heavy atom. The van der Waals surface area contributed by atoms with E-state index in [1.165, 1.54) is 99.4 Å². The zero-order chi connectivity index (χ0) is 92.6. The molecule has 10 heteroatoms. The van der Waals surface area contributed by atoms with Gasteiger partial charge in [-0.25, -0.2) is 0 Å². The summed E-state index contributed by atoms with van der Waals surface area (Å²) in [6.45, 7) is 0. The summed E-state index contributed by atoms with van der Waals surface area (Å²) in [6, 6.07) is 181. The van der Waals surface area contributed by atoms with E-state index in [2.05, 4.69) is 397 Å². The first kappa shape index (κ1) is 82.1. The van der Waals surface area contributed by atoms with Gasteiger partial charge in [0.2, 0.25) is 0 Å². The van der Waals surface area contributed by atoms with Gasteiger partial charge in [0.25, 0.3) is 0 Å². The fraction of sp³-hybridized carbons (Fsp3) is 0.0154. The van der Waals surface area contributed by atoms with Crippen LogP contribution in [0.3, 0.4) is 0 Å². The van der Waals surface area contributed by atoms with Gasteiger partial charge in [0.1, 0.15) is 11.2 Å². The molecule has 0 radical (unpaired) electrons. The first-order valence-corrected chi connectivity index (χ1v) is 47.3. The van der Waals surface area contributed by atoms with Crippen LogP contribution < -0.4 is 43.1 Å². The molecular weight excluding hydrogens is 1720 g/mol. The van der Waals surface area contributed by atoms with Crippen molar-refractivity contribution in [3.63, 3.8) is 0 Å². The van der Waals surface area contributed by atoms with Gasteiger partial charge < -0.3 is 47.5 Å². The van der Waals surface area contributed by atoms with E-state index in [1.54, 1.807) is 0 Å². The van der Waals surface area contributed by atoms with Gasteiger partial charge in [-0.15, -0.1) is 0 Å². The number of anilines is 9. The molecule has 28 rings (SSSR count). The molecule has 0 bridgehead atoms.